The van der Waals surface area contributed by atoms with Crippen molar-refractivity contribution in [3.8, 4) is 0 Å². The topological polar surface area (TPSA) is 42.0 Å². The summed E-state index contributed by atoms with van der Waals surface area (Å²) in [5.41, 5.74) is -1.33. The van der Waals surface area contributed by atoms with E-state index in [1.165, 1.54) is 0 Å². The van der Waals surface area contributed by atoms with E-state index in [4.69, 9.17) is 0 Å². The fourth-order valence-corrected chi connectivity index (χ4v) is 2.72. The summed E-state index contributed by atoms with van der Waals surface area (Å²) in [4.78, 5) is 16.1. The lowest BCUT2D eigenvalue weighted by Gasteiger charge is -2.12. The number of nitrogens with zero attached hydrogens (tertiary/aromatic N) is 1. The van der Waals surface area contributed by atoms with E-state index >= 15 is 0 Å². The van der Waals surface area contributed by atoms with E-state index in [0.29, 0.717) is 11.6 Å². The minimum absolute atomic E-state index is 0.0217. The van der Waals surface area contributed by atoms with Gasteiger partial charge in [0, 0.05) is 29.9 Å². The third kappa shape index (κ3) is 4.05. The van der Waals surface area contributed by atoms with E-state index in [-0.39, 0.29) is 12.0 Å². The fourth-order valence-electron chi connectivity index (χ4n) is 2.72. The van der Waals surface area contributed by atoms with Crippen LogP contribution < -0.4 is 5.32 Å². The molecule has 8 heteroatoms. The molecule has 140 valence electrons. The average molecular weight is 380 g/mol. The highest BCUT2D eigenvalue weighted by atomic mass is 19.4. The molecule has 1 heterocycles. The molecule has 0 aliphatic carbocycles. The molecule has 3 aromatic rings. The van der Waals surface area contributed by atoms with Gasteiger partial charge in [-0.25, -0.2) is 8.78 Å². The van der Waals surface area contributed by atoms with Gasteiger partial charge < -0.3 is 5.32 Å². The number of alkyl halides is 3. The van der Waals surface area contributed by atoms with Gasteiger partial charge in [-0.05, 0) is 23.1 Å². The first-order valence-electron chi connectivity index (χ1n) is 7.90. The number of benzene rings is 2. The maximum absolute atomic E-state index is 13.8. The summed E-state index contributed by atoms with van der Waals surface area (Å²) in [5, 5.41) is 4.07. The molecule has 3 rings (SSSR count). The van der Waals surface area contributed by atoms with Gasteiger partial charge in [0.05, 0.1) is 12.0 Å². The fraction of sp³-hybridized carbons (Fsp3) is 0.158. The molecule has 0 bridgehead atoms. The predicted octanol–water partition coefficient (Wildman–Crippen LogP) is 4.39. The molecule has 27 heavy (non-hydrogen) atoms. The van der Waals surface area contributed by atoms with E-state index in [0.717, 1.165) is 16.8 Å². The molecule has 0 fully saturated rings. The summed E-state index contributed by atoms with van der Waals surface area (Å²) >= 11 is 0. The second-order valence-electron chi connectivity index (χ2n) is 5.87. The Hall–Kier alpha value is -3.03. The van der Waals surface area contributed by atoms with Crippen molar-refractivity contribution in [1.82, 2.24) is 10.3 Å². The van der Waals surface area contributed by atoms with Crippen molar-refractivity contribution in [2.75, 3.05) is 0 Å². The van der Waals surface area contributed by atoms with E-state index in [1.54, 1.807) is 30.6 Å². The van der Waals surface area contributed by atoms with Crippen molar-refractivity contribution in [3.05, 3.63) is 77.1 Å². The largest absolute Gasteiger partial charge is 0.419 e. The first kappa shape index (κ1) is 18.8. The quantitative estimate of drug-likeness (QED) is 0.682. The minimum atomic E-state index is -4.99. The lowest BCUT2D eigenvalue weighted by molar-refractivity contribution is -0.140. The lowest BCUT2D eigenvalue weighted by Crippen LogP contribution is -2.25. The molecule has 0 saturated heterocycles. The monoisotopic (exact) mass is 380 g/mol. The second kappa shape index (κ2) is 7.30. The molecule has 3 nitrogen and oxygen atoms in total. The van der Waals surface area contributed by atoms with Crippen LogP contribution in [-0.4, -0.2) is 10.9 Å². The molecular weight excluding hydrogens is 367 g/mol. The number of pyridine rings is 1. The Kier molecular flexibility index (Phi) is 5.07. The Balaban J connectivity index is 1.72. The Morgan fingerprint density at radius 2 is 1.78 bits per heavy atom. The highest BCUT2D eigenvalue weighted by Crippen LogP contribution is 2.33. The number of rotatable bonds is 4. The number of nitrogens with one attached hydrogen (secondary N) is 1. The smallest absolute Gasteiger partial charge is 0.352 e. The van der Waals surface area contributed by atoms with Crippen molar-refractivity contribution in [2.24, 2.45) is 0 Å². The molecule has 1 amide bonds. The second-order valence-corrected chi connectivity index (χ2v) is 5.87. The highest BCUT2D eigenvalue weighted by Gasteiger charge is 2.35. The number of fused-ring (bicyclic) bond motifs is 1. The number of carbonyl (C=O) groups is 1. The van der Waals surface area contributed by atoms with Crippen molar-refractivity contribution >= 4 is 16.7 Å². The van der Waals surface area contributed by atoms with Gasteiger partial charge in [0.15, 0.2) is 11.6 Å². The van der Waals surface area contributed by atoms with Crippen molar-refractivity contribution in [3.63, 3.8) is 0 Å². The molecule has 2 aromatic carbocycles. The Morgan fingerprint density at radius 3 is 2.52 bits per heavy atom. The Bertz CT molecular complexity index is 996. The van der Waals surface area contributed by atoms with Crippen LogP contribution >= 0.6 is 0 Å². The Labute approximate surface area is 150 Å². The summed E-state index contributed by atoms with van der Waals surface area (Å²) in [6, 6.07) is 8.37. The molecule has 1 N–H and O–H groups in total. The third-order valence-corrected chi connectivity index (χ3v) is 4.07. The standard InChI is InChI=1S/C19H13F5N2O/c20-17-13(4-5-15(18(17)21)19(22,23)24)10-26-16(27)8-11-2-1-3-12-9-25-7-6-14(11)12/h1-7,9H,8,10H2,(H,26,27). The average Bonchev–Trinajstić information content (AvgIpc) is 2.62. The van der Waals surface area contributed by atoms with Crippen LogP contribution in [0, 0.1) is 11.6 Å². The SMILES string of the molecule is O=C(Cc1cccc2cnccc12)NCc1ccc(C(F)(F)F)c(F)c1F. The number of halogens is 5. The maximum atomic E-state index is 13.8. The summed E-state index contributed by atoms with van der Waals surface area (Å²) in [6.07, 6.45) is -1.77. The number of hydrogen-bond acceptors (Lipinski definition) is 2. The molecule has 0 aliphatic heterocycles. The van der Waals surface area contributed by atoms with Gasteiger partial charge in [0.2, 0.25) is 5.91 Å². The van der Waals surface area contributed by atoms with Gasteiger partial charge in [-0.1, -0.05) is 24.3 Å². The number of aromatic nitrogens is 1. The van der Waals surface area contributed by atoms with Crippen LogP contribution in [0.2, 0.25) is 0 Å². The lowest BCUT2D eigenvalue weighted by atomic mass is 10.0. The first-order chi connectivity index (χ1) is 12.8. The third-order valence-electron chi connectivity index (χ3n) is 4.07. The predicted molar refractivity (Wildman–Crippen MR) is 88.7 cm³/mol. The molecule has 1 aromatic heterocycles. The summed E-state index contributed by atoms with van der Waals surface area (Å²) < 4.78 is 65.1. The van der Waals surface area contributed by atoms with Gasteiger partial charge in [-0.3, -0.25) is 9.78 Å². The normalized spacial score (nSPS) is 11.6. The summed E-state index contributed by atoms with van der Waals surface area (Å²) in [5.74, 6) is -4.07. The zero-order chi connectivity index (χ0) is 19.6. The molecule has 0 unspecified atom stereocenters. The van der Waals surface area contributed by atoms with Crippen LogP contribution in [0.5, 0.6) is 0 Å². The van der Waals surface area contributed by atoms with Crippen LogP contribution in [0.4, 0.5) is 22.0 Å². The zero-order valence-electron chi connectivity index (χ0n) is 13.8. The van der Waals surface area contributed by atoms with Crippen LogP contribution in [-0.2, 0) is 23.9 Å². The van der Waals surface area contributed by atoms with Crippen molar-refractivity contribution in [2.45, 2.75) is 19.1 Å². The summed E-state index contributed by atoms with van der Waals surface area (Å²) in [6.45, 7) is -0.425. The van der Waals surface area contributed by atoms with E-state index in [2.05, 4.69) is 10.3 Å². The molecule has 0 atom stereocenters. The molecule has 0 aliphatic rings. The molecular formula is C19H13F5N2O. The van der Waals surface area contributed by atoms with Crippen LogP contribution in [0.3, 0.4) is 0 Å². The highest BCUT2D eigenvalue weighted by molar-refractivity contribution is 5.89. The Morgan fingerprint density at radius 1 is 1.00 bits per heavy atom. The molecule has 0 saturated carbocycles. The van der Waals surface area contributed by atoms with E-state index in [1.807, 2.05) is 6.07 Å². The zero-order valence-corrected chi connectivity index (χ0v) is 13.8. The van der Waals surface area contributed by atoms with Gasteiger partial charge in [-0.15, -0.1) is 0 Å². The number of amides is 1. The van der Waals surface area contributed by atoms with Crippen LogP contribution in [0.1, 0.15) is 16.7 Å². The number of hydrogen-bond donors (Lipinski definition) is 1. The minimum Gasteiger partial charge on any atom is -0.352 e. The maximum Gasteiger partial charge on any atom is 0.419 e. The summed E-state index contributed by atoms with van der Waals surface area (Å²) in [7, 11) is 0. The number of carbonyl (C=O) groups excluding carboxylic acids is 1. The van der Waals surface area contributed by atoms with Gasteiger partial charge in [0.25, 0.3) is 0 Å². The molecule has 0 radical (unpaired) electrons. The van der Waals surface area contributed by atoms with Crippen LogP contribution in [0.15, 0.2) is 48.8 Å². The van der Waals surface area contributed by atoms with Crippen molar-refractivity contribution < 1.29 is 26.7 Å². The van der Waals surface area contributed by atoms with Gasteiger partial charge in [0.1, 0.15) is 0 Å². The van der Waals surface area contributed by atoms with Crippen molar-refractivity contribution in [1.29, 1.82) is 0 Å². The van der Waals surface area contributed by atoms with E-state index < -0.39 is 35.8 Å². The van der Waals surface area contributed by atoms with Gasteiger partial charge >= 0.3 is 6.18 Å². The van der Waals surface area contributed by atoms with Crippen LogP contribution in [0.25, 0.3) is 10.8 Å². The van der Waals surface area contributed by atoms with Gasteiger partial charge in [-0.2, -0.15) is 13.2 Å². The van der Waals surface area contributed by atoms with E-state index in [9.17, 15) is 26.7 Å². The first-order valence-corrected chi connectivity index (χ1v) is 7.90. The molecule has 0 spiro atoms.